The van der Waals surface area contributed by atoms with E-state index >= 15 is 0 Å². The highest BCUT2D eigenvalue weighted by atomic mass is 16.5. The van der Waals surface area contributed by atoms with Crippen LogP contribution in [-0.2, 0) is 0 Å². The maximum atomic E-state index is 5.14. The fraction of sp³-hybridized carbons (Fsp3) is 0.133. The molecule has 0 unspecified atom stereocenters. The molecule has 0 aliphatic carbocycles. The van der Waals surface area contributed by atoms with Crippen LogP contribution in [0.5, 0.6) is 5.75 Å². The summed E-state index contributed by atoms with van der Waals surface area (Å²) in [5.74, 6) is 1.72. The molecule has 0 aliphatic heterocycles. The summed E-state index contributed by atoms with van der Waals surface area (Å²) < 4.78 is 5.14. The molecule has 0 amide bonds. The SMILES string of the molecule is C=C/C=N\c1[nH]c(-c2ccc(OC)cc2)cc1C. The summed E-state index contributed by atoms with van der Waals surface area (Å²) >= 11 is 0. The Kier molecular flexibility index (Phi) is 3.63. The van der Waals surface area contributed by atoms with E-state index in [2.05, 4.69) is 22.6 Å². The smallest absolute Gasteiger partial charge is 0.133 e. The third-order valence-electron chi connectivity index (χ3n) is 2.70. The molecule has 1 N–H and O–H groups in total. The molecule has 0 spiro atoms. The standard InChI is InChI=1S/C15H16N2O/c1-4-9-16-15-11(2)10-14(17-15)12-5-7-13(18-3)8-6-12/h4-10,17H,1H2,2-3H3/b16-9-. The van der Waals surface area contributed by atoms with Gasteiger partial charge in [0, 0.05) is 11.9 Å². The minimum absolute atomic E-state index is 0.854. The van der Waals surface area contributed by atoms with E-state index in [1.807, 2.05) is 31.2 Å². The van der Waals surface area contributed by atoms with E-state index in [0.29, 0.717) is 0 Å². The Bertz CT molecular complexity index is 565. The van der Waals surface area contributed by atoms with Crippen LogP contribution in [0.25, 0.3) is 11.3 Å². The van der Waals surface area contributed by atoms with Crippen LogP contribution in [0.1, 0.15) is 5.56 Å². The lowest BCUT2D eigenvalue weighted by Crippen LogP contribution is -1.82. The number of nitrogens with one attached hydrogen (secondary N) is 1. The van der Waals surface area contributed by atoms with Gasteiger partial charge in [0.1, 0.15) is 11.6 Å². The minimum atomic E-state index is 0.854. The van der Waals surface area contributed by atoms with Crippen molar-refractivity contribution in [3.8, 4) is 17.0 Å². The zero-order valence-electron chi connectivity index (χ0n) is 10.6. The number of H-pyrrole nitrogens is 1. The molecular formula is C15H16N2O. The van der Waals surface area contributed by atoms with Gasteiger partial charge in [0.15, 0.2) is 0 Å². The van der Waals surface area contributed by atoms with Crippen molar-refractivity contribution >= 4 is 12.0 Å². The zero-order chi connectivity index (χ0) is 13.0. The van der Waals surface area contributed by atoms with Crippen molar-refractivity contribution in [2.75, 3.05) is 7.11 Å². The Balaban J connectivity index is 2.32. The van der Waals surface area contributed by atoms with Gasteiger partial charge in [-0.25, -0.2) is 4.99 Å². The summed E-state index contributed by atoms with van der Waals surface area (Å²) in [5.41, 5.74) is 3.27. The quantitative estimate of drug-likeness (QED) is 0.809. The van der Waals surface area contributed by atoms with Crippen LogP contribution >= 0.6 is 0 Å². The molecule has 92 valence electrons. The predicted molar refractivity (Wildman–Crippen MR) is 75.9 cm³/mol. The lowest BCUT2D eigenvalue weighted by Gasteiger charge is -2.01. The van der Waals surface area contributed by atoms with Gasteiger partial charge in [-0.15, -0.1) is 0 Å². The molecule has 0 aliphatic rings. The molecule has 2 rings (SSSR count). The monoisotopic (exact) mass is 240 g/mol. The number of ether oxygens (including phenoxy) is 1. The minimum Gasteiger partial charge on any atom is -0.497 e. The molecule has 0 saturated carbocycles. The highest BCUT2D eigenvalue weighted by Gasteiger charge is 2.05. The lowest BCUT2D eigenvalue weighted by atomic mass is 10.1. The summed E-state index contributed by atoms with van der Waals surface area (Å²) in [5, 5.41) is 0. The molecule has 0 fully saturated rings. The van der Waals surface area contributed by atoms with E-state index in [0.717, 1.165) is 28.4 Å². The molecule has 0 bridgehead atoms. The van der Waals surface area contributed by atoms with E-state index in [4.69, 9.17) is 4.74 Å². The number of hydrogen-bond donors (Lipinski definition) is 1. The number of methoxy groups -OCH3 is 1. The van der Waals surface area contributed by atoms with E-state index in [1.54, 1.807) is 19.4 Å². The topological polar surface area (TPSA) is 37.4 Å². The van der Waals surface area contributed by atoms with Crippen molar-refractivity contribution < 1.29 is 4.74 Å². The lowest BCUT2D eigenvalue weighted by molar-refractivity contribution is 0.415. The summed E-state index contributed by atoms with van der Waals surface area (Å²) in [7, 11) is 1.66. The van der Waals surface area contributed by atoms with E-state index in [9.17, 15) is 0 Å². The second-order valence-corrected chi connectivity index (χ2v) is 3.96. The number of aromatic nitrogens is 1. The Morgan fingerprint density at radius 3 is 2.61 bits per heavy atom. The van der Waals surface area contributed by atoms with Gasteiger partial charge in [-0.1, -0.05) is 12.7 Å². The molecular weight excluding hydrogens is 224 g/mol. The van der Waals surface area contributed by atoms with Crippen LogP contribution in [0.4, 0.5) is 5.82 Å². The van der Waals surface area contributed by atoms with Crippen molar-refractivity contribution in [3.63, 3.8) is 0 Å². The summed E-state index contributed by atoms with van der Waals surface area (Å²) in [6.45, 7) is 5.64. The first kappa shape index (κ1) is 12.2. The molecule has 1 heterocycles. The van der Waals surface area contributed by atoms with Gasteiger partial charge < -0.3 is 9.72 Å². The number of allylic oxidation sites excluding steroid dienone is 1. The molecule has 18 heavy (non-hydrogen) atoms. The van der Waals surface area contributed by atoms with Gasteiger partial charge in [0.2, 0.25) is 0 Å². The maximum Gasteiger partial charge on any atom is 0.133 e. The van der Waals surface area contributed by atoms with Crippen LogP contribution in [0.2, 0.25) is 0 Å². The first-order chi connectivity index (χ1) is 8.74. The van der Waals surface area contributed by atoms with Gasteiger partial charge in [-0.2, -0.15) is 0 Å². The molecule has 2 aromatic rings. The van der Waals surface area contributed by atoms with Crippen LogP contribution in [-0.4, -0.2) is 18.3 Å². The average Bonchev–Trinajstić information content (AvgIpc) is 2.78. The van der Waals surface area contributed by atoms with Gasteiger partial charge >= 0.3 is 0 Å². The third-order valence-corrected chi connectivity index (χ3v) is 2.70. The molecule has 0 radical (unpaired) electrons. The van der Waals surface area contributed by atoms with Crippen molar-refractivity contribution in [2.24, 2.45) is 4.99 Å². The third kappa shape index (κ3) is 2.51. The van der Waals surface area contributed by atoms with Crippen molar-refractivity contribution in [1.82, 2.24) is 4.98 Å². The fourth-order valence-corrected chi connectivity index (χ4v) is 1.73. The molecule has 1 aromatic heterocycles. The number of aromatic amines is 1. The van der Waals surface area contributed by atoms with E-state index in [1.165, 1.54) is 0 Å². The summed E-state index contributed by atoms with van der Waals surface area (Å²) in [6.07, 6.45) is 3.34. The van der Waals surface area contributed by atoms with Crippen LogP contribution in [0.3, 0.4) is 0 Å². The number of hydrogen-bond acceptors (Lipinski definition) is 2. The van der Waals surface area contributed by atoms with Gasteiger partial charge in [-0.05, 0) is 48.4 Å². The van der Waals surface area contributed by atoms with E-state index < -0.39 is 0 Å². The van der Waals surface area contributed by atoms with Gasteiger partial charge in [-0.3, -0.25) is 0 Å². The van der Waals surface area contributed by atoms with Crippen LogP contribution < -0.4 is 4.74 Å². The Hall–Kier alpha value is -2.29. The average molecular weight is 240 g/mol. The summed E-state index contributed by atoms with van der Waals surface area (Å²) in [4.78, 5) is 7.56. The second-order valence-electron chi connectivity index (χ2n) is 3.96. The van der Waals surface area contributed by atoms with Gasteiger partial charge in [0.25, 0.3) is 0 Å². The Morgan fingerprint density at radius 2 is 2.00 bits per heavy atom. The highest BCUT2D eigenvalue weighted by molar-refractivity contribution is 5.75. The number of rotatable bonds is 4. The van der Waals surface area contributed by atoms with Crippen molar-refractivity contribution in [3.05, 3.63) is 48.6 Å². The molecule has 3 nitrogen and oxygen atoms in total. The summed E-state index contributed by atoms with van der Waals surface area (Å²) in [6, 6.07) is 10.0. The molecule has 0 atom stereocenters. The number of benzene rings is 1. The normalized spacial score (nSPS) is 10.8. The molecule has 1 aromatic carbocycles. The van der Waals surface area contributed by atoms with Crippen LogP contribution in [0, 0.1) is 6.92 Å². The second kappa shape index (κ2) is 5.36. The predicted octanol–water partition coefficient (Wildman–Crippen LogP) is 3.89. The Labute approximate surface area is 107 Å². The first-order valence-corrected chi connectivity index (χ1v) is 5.73. The number of aliphatic imine (C=N–C) groups is 1. The number of aryl methyl sites for hydroxylation is 1. The maximum absolute atomic E-state index is 5.14. The molecule has 3 heteroatoms. The van der Waals surface area contributed by atoms with Crippen molar-refractivity contribution in [2.45, 2.75) is 6.92 Å². The molecule has 0 saturated heterocycles. The van der Waals surface area contributed by atoms with Crippen LogP contribution in [0.15, 0.2) is 48.0 Å². The largest absolute Gasteiger partial charge is 0.497 e. The van der Waals surface area contributed by atoms with Gasteiger partial charge in [0.05, 0.1) is 7.11 Å². The van der Waals surface area contributed by atoms with Crippen molar-refractivity contribution in [1.29, 1.82) is 0 Å². The Morgan fingerprint density at radius 1 is 1.28 bits per heavy atom. The zero-order valence-corrected chi connectivity index (χ0v) is 10.6. The number of nitrogens with zero attached hydrogens (tertiary/aromatic N) is 1. The first-order valence-electron chi connectivity index (χ1n) is 5.73. The highest BCUT2D eigenvalue weighted by Crippen LogP contribution is 2.27. The van der Waals surface area contributed by atoms with E-state index in [-0.39, 0.29) is 0 Å². The fourth-order valence-electron chi connectivity index (χ4n) is 1.73.